The van der Waals surface area contributed by atoms with Crippen molar-refractivity contribution in [2.75, 3.05) is 4.31 Å². The van der Waals surface area contributed by atoms with Gasteiger partial charge in [0.1, 0.15) is 5.54 Å². The van der Waals surface area contributed by atoms with Crippen molar-refractivity contribution >= 4 is 27.7 Å². The number of amides is 1. The van der Waals surface area contributed by atoms with E-state index < -0.39 is 27.4 Å². The van der Waals surface area contributed by atoms with Crippen LogP contribution in [0.4, 0.5) is 5.69 Å². The maximum Gasteiger partial charge on any atom is 0.360 e. The first-order valence-electron chi connectivity index (χ1n) is 10.7. The molecule has 1 aromatic rings. The number of rotatable bonds is 6. The number of carbonyl (C=O) groups is 2. The Labute approximate surface area is 182 Å². The van der Waals surface area contributed by atoms with E-state index in [1.165, 1.54) is 45.0 Å². The van der Waals surface area contributed by atoms with Gasteiger partial charge in [-0.05, 0) is 94.9 Å². The maximum atomic E-state index is 13.3. The predicted molar refractivity (Wildman–Crippen MR) is 115 cm³/mol. The fourth-order valence-electron chi connectivity index (χ4n) is 6.21. The molecule has 0 heterocycles. The molecule has 4 bridgehead atoms. The van der Waals surface area contributed by atoms with Crippen molar-refractivity contribution in [3.63, 3.8) is 0 Å². The molecule has 1 aromatic carbocycles. The number of aliphatic hydroxyl groups is 1. The Kier molecular flexibility index (Phi) is 5.22. The van der Waals surface area contributed by atoms with E-state index in [2.05, 4.69) is 5.32 Å². The van der Waals surface area contributed by atoms with E-state index in [0.717, 1.165) is 19.3 Å². The van der Waals surface area contributed by atoms with Crippen molar-refractivity contribution in [2.45, 2.75) is 70.1 Å². The second kappa shape index (κ2) is 7.28. The van der Waals surface area contributed by atoms with E-state index in [-0.39, 0.29) is 29.3 Å². The number of hydrogen-bond acceptors (Lipinski definition) is 5. The molecule has 5 rings (SSSR count). The highest BCUT2D eigenvalue weighted by atomic mass is 32.2. The van der Waals surface area contributed by atoms with Gasteiger partial charge in [0, 0.05) is 11.6 Å². The van der Waals surface area contributed by atoms with Crippen molar-refractivity contribution in [3.05, 3.63) is 29.8 Å². The Morgan fingerprint density at radius 1 is 1.10 bits per heavy atom. The zero-order valence-corrected chi connectivity index (χ0v) is 18.9. The van der Waals surface area contributed by atoms with Crippen molar-refractivity contribution in [3.8, 4) is 0 Å². The van der Waals surface area contributed by atoms with Crippen LogP contribution >= 0.6 is 0 Å². The van der Waals surface area contributed by atoms with Gasteiger partial charge in [0.25, 0.3) is 0 Å². The average Bonchev–Trinajstić information content (AvgIpc) is 2.62. The van der Waals surface area contributed by atoms with Crippen LogP contribution in [0.5, 0.6) is 0 Å². The molecule has 3 N–H and O–H groups in total. The van der Waals surface area contributed by atoms with Crippen LogP contribution in [0, 0.1) is 17.8 Å². The number of Topliss-reactive ketones (excluding diaryl/α,β-unsaturated/α-hetero) is 1. The molecule has 8 nitrogen and oxygen atoms in total. The third-order valence-electron chi connectivity index (χ3n) is 7.34. The molecule has 4 fully saturated rings. The minimum Gasteiger partial charge on any atom is -0.390 e. The van der Waals surface area contributed by atoms with Crippen LogP contribution in [0.3, 0.4) is 0 Å². The van der Waals surface area contributed by atoms with Crippen LogP contribution in [0.15, 0.2) is 24.3 Å². The average molecular weight is 451 g/mol. The first-order chi connectivity index (χ1) is 14.3. The van der Waals surface area contributed by atoms with Crippen LogP contribution in [-0.4, -0.2) is 46.9 Å². The molecule has 4 aliphatic carbocycles. The van der Waals surface area contributed by atoms with Gasteiger partial charge in [0.05, 0.1) is 11.3 Å². The molecule has 31 heavy (non-hydrogen) atoms. The third kappa shape index (κ3) is 3.99. The van der Waals surface area contributed by atoms with Crippen molar-refractivity contribution < 1.29 is 27.7 Å². The molecule has 4 aliphatic rings. The van der Waals surface area contributed by atoms with E-state index in [4.69, 9.17) is 0 Å². The Morgan fingerprint density at radius 2 is 1.65 bits per heavy atom. The summed E-state index contributed by atoms with van der Waals surface area (Å²) in [5.41, 5.74) is -1.76. The van der Waals surface area contributed by atoms with Gasteiger partial charge in [-0.15, -0.1) is 0 Å². The first kappa shape index (κ1) is 22.2. The van der Waals surface area contributed by atoms with E-state index in [1.54, 1.807) is 0 Å². The number of benzene rings is 1. The molecule has 2 atom stereocenters. The van der Waals surface area contributed by atoms with Gasteiger partial charge < -0.3 is 10.4 Å². The highest BCUT2D eigenvalue weighted by Gasteiger charge is 2.56. The second-order valence-electron chi connectivity index (χ2n) is 10.1. The minimum absolute atomic E-state index is 0.0899. The summed E-state index contributed by atoms with van der Waals surface area (Å²) in [6.07, 6.45) is 4.05. The van der Waals surface area contributed by atoms with E-state index in [0.29, 0.717) is 28.6 Å². The quantitative estimate of drug-likeness (QED) is 0.451. The lowest BCUT2D eigenvalue weighted by molar-refractivity contribution is -0.148. The molecule has 9 heteroatoms. The van der Waals surface area contributed by atoms with Gasteiger partial charge >= 0.3 is 10.3 Å². The lowest BCUT2D eigenvalue weighted by atomic mass is 9.52. The van der Waals surface area contributed by atoms with Crippen LogP contribution < -0.4 is 9.62 Å². The molecule has 2 unspecified atom stereocenters. The largest absolute Gasteiger partial charge is 0.390 e. The van der Waals surface area contributed by atoms with Crippen molar-refractivity contribution in [1.29, 1.82) is 0 Å². The number of nitrogens with zero attached hydrogens (tertiary/aromatic N) is 1. The Hall–Kier alpha value is -1.97. The molecule has 4 saturated carbocycles. The molecule has 0 spiro atoms. The fraction of sp³-hybridized carbons (Fsp3) is 0.636. The molecule has 0 aliphatic heterocycles. The number of anilines is 1. The van der Waals surface area contributed by atoms with Gasteiger partial charge in [0.2, 0.25) is 5.91 Å². The van der Waals surface area contributed by atoms with Gasteiger partial charge in [-0.2, -0.15) is 8.42 Å². The molecule has 0 radical (unpaired) electrons. The topological polar surface area (TPSA) is 124 Å². The SMILES string of the molecule is CC(=O)c1ccc(N(C(C)(C)C(=O)NC2C3CC4CC2CC(O)(C4)C3)S(=O)(=O)O)cc1. The summed E-state index contributed by atoms with van der Waals surface area (Å²) >= 11 is 0. The Balaban J connectivity index is 1.59. The molecule has 170 valence electrons. The highest BCUT2D eigenvalue weighted by molar-refractivity contribution is 7.87. The molecule has 0 aromatic heterocycles. The van der Waals surface area contributed by atoms with Crippen molar-refractivity contribution in [1.82, 2.24) is 5.32 Å². The summed E-state index contributed by atoms with van der Waals surface area (Å²) in [5, 5.41) is 13.8. The second-order valence-corrected chi connectivity index (χ2v) is 11.4. The Bertz CT molecular complexity index is 987. The maximum absolute atomic E-state index is 13.3. The summed E-state index contributed by atoms with van der Waals surface area (Å²) in [6.45, 7) is 4.28. The molecular weight excluding hydrogens is 420 g/mol. The van der Waals surface area contributed by atoms with Crippen LogP contribution in [0.1, 0.15) is 63.2 Å². The first-order valence-corrected chi connectivity index (χ1v) is 12.1. The summed E-state index contributed by atoms with van der Waals surface area (Å²) in [7, 11) is -4.78. The Morgan fingerprint density at radius 3 is 2.10 bits per heavy atom. The molecule has 1 amide bonds. The summed E-state index contributed by atoms with van der Waals surface area (Å²) < 4.78 is 35.2. The normalized spacial score (nSPS) is 32.0. The highest BCUT2D eigenvalue weighted by Crippen LogP contribution is 2.55. The van der Waals surface area contributed by atoms with E-state index in [9.17, 15) is 27.7 Å². The predicted octanol–water partition coefficient (Wildman–Crippen LogP) is 2.33. The van der Waals surface area contributed by atoms with E-state index in [1.807, 2.05) is 0 Å². The monoisotopic (exact) mass is 450 g/mol. The fourth-order valence-corrected chi connectivity index (χ4v) is 7.26. The van der Waals surface area contributed by atoms with Crippen molar-refractivity contribution in [2.24, 2.45) is 17.8 Å². The molecular formula is C22H30N2O6S. The lowest BCUT2D eigenvalue weighted by Gasteiger charge is -2.58. The summed E-state index contributed by atoms with van der Waals surface area (Å²) in [6, 6.07) is 5.60. The smallest absolute Gasteiger partial charge is 0.360 e. The number of ketones is 1. The summed E-state index contributed by atoms with van der Waals surface area (Å²) in [5.74, 6) is 0.142. The van der Waals surface area contributed by atoms with Crippen LogP contribution in [0.25, 0.3) is 0 Å². The van der Waals surface area contributed by atoms with Crippen LogP contribution in [0.2, 0.25) is 0 Å². The minimum atomic E-state index is -4.78. The van der Waals surface area contributed by atoms with Gasteiger partial charge in [-0.1, -0.05) is 0 Å². The van der Waals surface area contributed by atoms with Gasteiger partial charge in [-0.25, -0.2) is 4.31 Å². The molecule has 0 saturated heterocycles. The number of hydrogen-bond donors (Lipinski definition) is 3. The zero-order chi connectivity index (χ0) is 22.8. The lowest BCUT2D eigenvalue weighted by Crippen LogP contribution is -2.65. The standard InChI is InChI=1S/C22H30N2O6S/c1-13(25)15-4-6-18(7-5-15)24(31(28,29)30)21(2,3)20(26)23-19-16-8-14-9-17(19)12-22(27,10-14)11-16/h4-7,14,16-17,19,27H,8-12H2,1-3H3,(H,23,26)(H,28,29,30). The number of carbonyl (C=O) groups excluding carboxylic acids is 2. The zero-order valence-electron chi connectivity index (χ0n) is 18.0. The van der Waals surface area contributed by atoms with Gasteiger partial charge in [-0.3, -0.25) is 14.1 Å². The van der Waals surface area contributed by atoms with Crippen LogP contribution in [-0.2, 0) is 15.1 Å². The third-order valence-corrected chi connectivity index (χ3v) is 8.47. The van der Waals surface area contributed by atoms with Gasteiger partial charge in [0.15, 0.2) is 5.78 Å². The number of nitrogens with one attached hydrogen (secondary N) is 1. The van der Waals surface area contributed by atoms with E-state index >= 15 is 0 Å². The summed E-state index contributed by atoms with van der Waals surface area (Å²) in [4.78, 5) is 24.9.